The summed E-state index contributed by atoms with van der Waals surface area (Å²) >= 11 is 0. The molecule has 0 bridgehead atoms. The van der Waals surface area contributed by atoms with Crippen LogP contribution in [0.5, 0.6) is 0 Å². The quantitative estimate of drug-likeness (QED) is 0.560. The zero-order valence-corrected chi connectivity index (χ0v) is 17.0. The molecule has 1 aliphatic heterocycles. The standard InChI is InChI=1S/C22H31N3O4/c26-22(24-13-5-6-14-24)18-15-16(11-12-20(18)25(27)28)23-19-9-3-4-10-21(19)29-17-7-1-2-8-17/h11-12,15,17,19,21,23H,1-10,13-14H2/t19-,21-/m1/s1. The lowest BCUT2D eigenvalue weighted by Gasteiger charge is -2.34. The van der Waals surface area contributed by atoms with Crippen LogP contribution in [0.3, 0.4) is 0 Å². The normalized spacial score (nSPS) is 25.3. The van der Waals surface area contributed by atoms with E-state index in [2.05, 4.69) is 5.32 Å². The van der Waals surface area contributed by atoms with Crippen LogP contribution in [0, 0.1) is 10.1 Å². The van der Waals surface area contributed by atoms with Crippen molar-refractivity contribution < 1.29 is 14.5 Å². The highest BCUT2D eigenvalue weighted by Gasteiger charge is 2.31. The number of nitro groups is 1. The van der Waals surface area contributed by atoms with Crippen LogP contribution in [-0.2, 0) is 4.74 Å². The second-order valence-electron chi connectivity index (χ2n) is 8.60. The number of benzene rings is 1. The molecule has 1 saturated heterocycles. The maximum Gasteiger partial charge on any atom is 0.282 e. The number of carbonyl (C=O) groups is 1. The van der Waals surface area contributed by atoms with E-state index in [0.29, 0.717) is 19.2 Å². The maximum atomic E-state index is 12.9. The zero-order valence-electron chi connectivity index (χ0n) is 17.0. The van der Waals surface area contributed by atoms with Gasteiger partial charge in [-0.25, -0.2) is 0 Å². The first kappa shape index (κ1) is 20.1. The minimum atomic E-state index is -0.459. The highest BCUT2D eigenvalue weighted by Crippen LogP contribution is 2.31. The van der Waals surface area contributed by atoms with Gasteiger partial charge in [-0.3, -0.25) is 14.9 Å². The summed E-state index contributed by atoms with van der Waals surface area (Å²) in [5, 5.41) is 15.0. The number of hydrogen-bond acceptors (Lipinski definition) is 5. The second kappa shape index (κ2) is 9.11. The van der Waals surface area contributed by atoms with Crippen LogP contribution in [0.1, 0.15) is 74.6 Å². The van der Waals surface area contributed by atoms with Crippen LogP contribution in [0.2, 0.25) is 0 Å². The minimum Gasteiger partial charge on any atom is -0.380 e. The molecule has 1 amide bonds. The number of amides is 1. The fourth-order valence-electron chi connectivity index (χ4n) is 4.96. The van der Waals surface area contributed by atoms with Gasteiger partial charge in [0.2, 0.25) is 0 Å². The number of ether oxygens (including phenoxy) is 1. The number of nitro benzene ring substituents is 1. The van der Waals surface area contributed by atoms with Crippen molar-refractivity contribution in [2.24, 2.45) is 0 Å². The third kappa shape index (κ3) is 4.71. The van der Waals surface area contributed by atoms with Crippen LogP contribution in [-0.4, -0.2) is 47.1 Å². The molecule has 0 spiro atoms. The number of hydrogen-bond donors (Lipinski definition) is 1. The molecule has 2 atom stereocenters. The molecule has 3 aliphatic rings. The fraction of sp³-hybridized carbons (Fsp3) is 0.682. The molecule has 7 nitrogen and oxygen atoms in total. The predicted molar refractivity (Wildman–Crippen MR) is 111 cm³/mol. The van der Waals surface area contributed by atoms with E-state index < -0.39 is 4.92 Å². The molecule has 3 fully saturated rings. The smallest absolute Gasteiger partial charge is 0.282 e. The van der Waals surface area contributed by atoms with E-state index >= 15 is 0 Å². The van der Waals surface area contributed by atoms with Gasteiger partial charge in [-0.15, -0.1) is 0 Å². The van der Waals surface area contributed by atoms with Crippen molar-refractivity contribution in [2.45, 2.75) is 82.5 Å². The van der Waals surface area contributed by atoms with Crippen LogP contribution >= 0.6 is 0 Å². The summed E-state index contributed by atoms with van der Waals surface area (Å²) in [6.45, 7) is 1.35. The molecule has 1 N–H and O–H groups in total. The monoisotopic (exact) mass is 401 g/mol. The molecular formula is C22H31N3O4. The molecule has 0 unspecified atom stereocenters. The average Bonchev–Trinajstić information content (AvgIpc) is 3.43. The van der Waals surface area contributed by atoms with E-state index in [4.69, 9.17) is 4.74 Å². The second-order valence-corrected chi connectivity index (χ2v) is 8.60. The summed E-state index contributed by atoms with van der Waals surface area (Å²) in [5.41, 5.74) is 0.839. The van der Waals surface area contributed by atoms with Gasteiger partial charge in [0.1, 0.15) is 5.56 Å². The molecule has 2 saturated carbocycles. The minimum absolute atomic E-state index is 0.116. The predicted octanol–water partition coefficient (Wildman–Crippen LogP) is 4.51. The highest BCUT2D eigenvalue weighted by atomic mass is 16.6. The Kier molecular flexibility index (Phi) is 6.33. The maximum absolute atomic E-state index is 12.9. The molecule has 1 aromatic rings. The Hall–Kier alpha value is -2.15. The van der Waals surface area contributed by atoms with Gasteiger partial charge < -0.3 is 15.0 Å². The molecule has 7 heteroatoms. The van der Waals surface area contributed by atoms with E-state index in [1.807, 2.05) is 0 Å². The number of nitrogens with zero attached hydrogens (tertiary/aromatic N) is 2. The van der Waals surface area contributed by atoms with E-state index in [1.165, 1.54) is 25.3 Å². The Balaban J connectivity index is 1.51. The summed E-state index contributed by atoms with van der Waals surface area (Å²) in [6.07, 6.45) is 11.6. The van der Waals surface area contributed by atoms with Gasteiger partial charge in [-0.05, 0) is 50.7 Å². The lowest BCUT2D eigenvalue weighted by molar-refractivity contribution is -0.385. The number of likely N-dealkylation sites (tertiary alicyclic amines) is 1. The van der Waals surface area contributed by atoms with E-state index in [9.17, 15) is 14.9 Å². The Morgan fingerprint density at radius 3 is 2.45 bits per heavy atom. The Bertz CT molecular complexity index is 742. The van der Waals surface area contributed by atoms with Gasteiger partial charge in [0, 0.05) is 24.8 Å². The van der Waals surface area contributed by atoms with E-state index in [1.54, 1.807) is 17.0 Å². The third-order valence-electron chi connectivity index (χ3n) is 6.54. The first-order chi connectivity index (χ1) is 14.1. The van der Waals surface area contributed by atoms with Gasteiger partial charge in [0.05, 0.1) is 23.2 Å². The summed E-state index contributed by atoms with van der Waals surface area (Å²) < 4.78 is 6.41. The molecule has 4 rings (SSSR count). The first-order valence-electron chi connectivity index (χ1n) is 11.1. The third-order valence-corrected chi connectivity index (χ3v) is 6.54. The topological polar surface area (TPSA) is 84.7 Å². The van der Waals surface area contributed by atoms with Crippen molar-refractivity contribution in [1.82, 2.24) is 4.90 Å². The SMILES string of the molecule is O=C(c1cc(N[C@@H]2CCCC[C@H]2OC2CCCC2)ccc1[N+](=O)[O-])N1CCCC1. The Labute approximate surface area is 171 Å². The molecule has 158 valence electrons. The molecule has 0 radical (unpaired) electrons. The lowest BCUT2D eigenvalue weighted by Crippen LogP contribution is -2.40. The molecular weight excluding hydrogens is 370 g/mol. The Morgan fingerprint density at radius 2 is 1.72 bits per heavy atom. The Morgan fingerprint density at radius 1 is 1.03 bits per heavy atom. The number of rotatable bonds is 6. The van der Waals surface area contributed by atoms with Gasteiger partial charge in [0.15, 0.2) is 0 Å². The summed E-state index contributed by atoms with van der Waals surface area (Å²) in [7, 11) is 0. The lowest BCUT2D eigenvalue weighted by atomic mass is 9.91. The van der Waals surface area contributed by atoms with Crippen LogP contribution in [0.25, 0.3) is 0 Å². The molecule has 0 aromatic heterocycles. The van der Waals surface area contributed by atoms with Gasteiger partial charge >= 0.3 is 0 Å². The van der Waals surface area contributed by atoms with Gasteiger partial charge in [0.25, 0.3) is 11.6 Å². The summed E-state index contributed by atoms with van der Waals surface area (Å²) in [5.74, 6) is -0.236. The molecule has 2 aliphatic carbocycles. The van der Waals surface area contributed by atoms with E-state index in [0.717, 1.165) is 50.6 Å². The average molecular weight is 402 g/mol. The van der Waals surface area contributed by atoms with Crippen molar-refractivity contribution in [3.05, 3.63) is 33.9 Å². The van der Waals surface area contributed by atoms with Crippen molar-refractivity contribution in [1.29, 1.82) is 0 Å². The fourth-order valence-corrected chi connectivity index (χ4v) is 4.96. The molecule has 1 heterocycles. The molecule has 29 heavy (non-hydrogen) atoms. The zero-order chi connectivity index (χ0) is 20.2. The van der Waals surface area contributed by atoms with Crippen molar-refractivity contribution in [2.75, 3.05) is 18.4 Å². The van der Waals surface area contributed by atoms with Crippen molar-refractivity contribution in [3.63, 3.8) is 0 Å². The van der Waals surface area contributed by atoms with Crippen molar-refractivity contribution in [3.8, 4) is 0 Å². The van der Waals surface area contributed by atoms with Crippen molar-refractivity contribution >= 4 is 17.3 Å². The number of anilines is 1. The highest BCUT2D eigenvalue weighted by molar-refractivity contribution is 5.99. The first-order valence-corrected chi connectivity index (χ1v) is 11.1. The van der Waals surface area contributed by atoms with Crippen LogP contribution < -0.4 is 5.32 Å². The number of nitrogens with one attached hydrogen (secondary N) is 1. The van der Waals surface area contributed by atoms with Crippen LogP contribution in [0.4, 0.5) is 11.4 Å². The van der Waals surface area contributed by atoms with Gasteiger partial charge in [-0.2, -0.15) is 0 Å². The molecule has 1 aromatic carbocycles. The largest absolute Gasteiger partial charge is 0.380 e. The van der Waals surface area contributed by atoms with Crippen LogP contribution in [0.15, 0.2) is 18.2 Å². The summed E-state index contributed by atoms with van der Waals surface area (Å²) in [4.78, 5) is 25.6. The van der Waals surface area contributed by atoms with E-state index in [-0.39, 0.29) is 29.3 Å². The number of carbonyl (C=O) groups excluding carboxylic acids is 1. The van der Waals surface area contributed by atoms with Gasteiger partial charge in [-0.1, -0.05) is 25.7 Å². The summed E-state index contributed by atoms with van der Waals surface area (Å²) in [6, 6.07) is 5.03.